The lowest BCUT2D eigenvalue weighted by Gasteiger charge is -2.32. The lowest BCUT2D eigenvalue weighted by atomic mass is 10.0. The maximum Gasteiger partial charge on any atom is 0.365 e. The lowest BCUT2D eigenvalue weighted by molar-refractivity contribution is -0.127. The van der Waals surface area contributed by atoms with Crippen LogP contribution in [-0.2, 0) is 49.8 Å². The van der Waals surface area contributed by atoms with E-state index in [1.54, 1.807) is 18.2 Å². The molecule has 0 fully saturated rings. The molecule has 0 saturated heterocycles. The van der Waals surface area contributed by atoms with Gasteiger partial charge >= 0.3 is 15.2 Å². The molecule has 0 heterocycles. The molecular weight excluding hydrogens is 808 g/mol. The Bertz CT molecular complexity index is 1830. The number of amides is 2. The Kier molecular flexibility index (Phi) is 17.1. The smallest absolute Gasteiger partial charge is 0.365 e. The van der Waals surface area contributed by atoms with E-state index in [0.29, 0.717) is 39.1 Å². The van der Waals surface area contributed by atoms with Crippen molar-refractivity contribution in [2.75, 3.05) is 26.4 Å². The van der Waals surface area contributed by atoms with Crippen LogP contribution in [0, 0.1) is 29.1 Å². The van der Waals surface area contributed by atoms with Gasteiger partial charge in [0.15, 0.2) is 23.3 Å². The van der Waals surface area contributed by atoms with E-state index >= 15 is 0 Å². The summed E-state index contributed by atoms with van der Waals surface area (Å²) in [6.45, 7) is 4.99. The molecule has 3 rings (SSSR count). The summed E-state index contributed by atoms with van der Waals surface area (Å²) in [7, 11) is -9.07. The molecule has 0 aromatic heterocycles. The second-order valence-corrected chi connectivity index (χ2v) is 16.3. The van der Waals surface area contributed by atoms with Gasteiger partial charge in [-0.2, -0.15) is 0 Å². The third kappa shape index (κ3) is 11.4. The highest BCUT2D eigenvalue weighted by Crippen LogP contribution is 2.69. The van der Waals surface area contributed by atoms with E-state index in [-0.39, 0.29) is 39.5 Å². The Labute approximate surface area is 318 Å². The molecule has 11 nitrogen and oxygen atoms in total. The Hall–Kier alpha value is -3.33. The standard InChI is InChI=1S/C34H37Cl2F5N2O9P2/c1-5-49-53(46,50-6-2)34(54(47,51-7-3)52-8-4)43-33(45)26(42-27(44)17-16-22-28(37)30(39)32(41)31(40)29(22)38)18-20-12-14-21(15-13-20)48-19-23-24(35)10-9-11-25(23)36/h9-17,26,34H,5-8,18-19H2,1-4H3,(H,42,44)(H,43,45)/t26-/m1/s1. The molecule has 20 heteroatoms. The monoisotopic (exact) mass is 844 g/mol. The predicted octanol–water partition coefficient (Wildman–Crippen LogP) is 8.94. The normalized spacial score (nSPS) is 12.7. The van der Waals surface area contributed by atoms with Gasteiger partial charge in [0.05, 0.1) is 32.0 Å². The van der Waals surface area contributed by atoms with Crippen LogP contribution in [0.5, 0.6) is 5.75 Å². The van der Waals surface area contributed by atoms with Crippen molar-refractivity contribution in [3.05, 3.63) is 104 Å². The van der Waals surface area contributed by atoms with Gasteiger partial charge in [0, 0.05) is 28.1 Å². The van der Waals surface area contributed by atoms with Crippen molar-refractivity contribution in [3.8, 4) is 5.75 Å². The quantitative estimate of drug-likeness (QED) is 0.0375. The third-order valence-corrected chi connectivity index (χ3v) is 13.5. The Balaban J connectivity index is 2.00. The molecule has 0 bridgehead atoms. The molecule has 0 aliphatic heterocycles. The minimum atomic E-state index is -4.54. The highest BCUT2D eigenvalue weighted by molar-refractivity contribution is 7.72. The maximum atomic E-state index is 14.3. The third-order valence-electron chi connectivity index (χ3n) is 7.19. The molecule has 0 radical (unpaired) electrons. The summed E-state index contributed by atoms with van der Waals surface area (Å²) in [5.41, 5.74) is -2.55. The van der Waals surface area contributed by atoms with Crippen LogP contribution in [0.4, 0.5) is 22.0 Å². The van der Waals surface area contributed by atoms with Gasteiger partial charge in [-0.1, -0.05) is 41.4 Å². The van der Waals surface area contributed by atoms with Crippen LogP contribution < -0.4 is 15.4 Å². The number of rotatable bonds is 20. The van der Waals surface area contributed by atoms with Crippen molar-refractivity contribution in [3.63, 3.8) is 0 Å². The first-order chi connectivity index (χ1) is 25.5. The number of carbonyl (C=O) groups is 2. The van der Waals surface area contributed by atoms with Crippen molar-refractivity contribution in [1.29, 1.82) is 0 Å². The molecule has 2 N–H and O–H groups in total. The first-order valence-electron chi connectivity index (χ1n) is 16.3. The fraction of sp³-hybridized carbons (Fsp3) is 0.353. The first-order valence-corrected chi connectivity index (χ1v) is 20.3. The summed E-state index contributed by atoms with van der Waals surface area (Å²) in [4.78, 5) is 27.0. The molecule has 2 amide bonds. The van der Waals surface area contributed by atoms with E-state index in [4.69, 9.17) is 46.0 Å². The number of hydrogen-bond donors (Lipinski definition) is 2. The summed E-state index contributed by atoms with van der Waals surface area (Å²) < 4.78 is 125. The van der Waals surface area contributed by atoms with Gasteiger partial charge in [0.1, 0.15) is 18.4 Å². The van der Waals surface area contributed by atoms with Crippen molar-refractivity contribution >= 4 is 56.3 Å². The van der Waals surface area contributed by atoms with Crippen LogP contribution in [-0.4, -0.2) is 49.8 Å². The van der Waals surface area contributed by atoms with Crippen LogP contribution in [0.15, 0.2) is 48.5 Å². The van der Waals surface area contributed by atoms with Gasteiger partial charge < -0.3 is 33.5 Å². The van der Waals surface area contributed by atoms with Crippen LogP contribution >= 0.6 is 38.4 Å². The fourth-order valence-electron chi connectivity index (χ4n) is 4.78. The van der Waals surface area contributed by atoms with Crippen molar-refractivity contribution < 1.29 is 63.5 Å². The van der Waals surface area contributed by atoms with Gasteiger partial charge in [0.25, 0.3) is 0 Å². The molecule has 54 heavy (non-hydrogen) atoms. The van der Waals surface area contributed by atoms with Gasteiger partial charge in [-0.05, 0) is 63.6 Å². The fourth-order valence-corrected chi connectivity index (χ4v) is 10.2. The second kappa shape index (κ2) is 20.5. The number of halogens is 7. The molecule has 0 saturated carbocycles. The topological polar surface area (TPSA) is 138 Å². The Morgan fingerprint density at radius 1 is 0.722 bits per heavy atom. The molecule has 0 aliphatic carbocycles. The zero-order chi connectivity index (χ0) is 40.2. The minimum Gasteiger partial charge on any atom is -0.489 e. The molecule has 0 spiro atoms. The zero-order valence-corrected chi connectivity index (χ0v) is 32.6. The average molecular weight is 846 g/mol. The summed E-state index contributed by atoms with van der Waals surface area (Å²) in [6, 6.07) is 9.40. The highest BCUT2D eigenvalue weighted by atomic mass is 35.5. The molecule has 3 aromatic carbocycles. The molecule has 0 aliphatic rings. The van der Waals surface area contributed by atoms with E-state index in [9.17, 15) is 40.7 Å². The number of hydrogen-bond acceptors (Lipinski definition) is 9. The summed E-state index contributed by atoms with van der Waals surface area (Å²) in [5.74, 6) is -13.3. The zero-order valence-electron chi connectivity index (χ0n) is 29.3. The first kappa shape index (κ1) is 45.1. The van der Waals surface area contributed by atoms with E-state index in [1.165, 1.54) is 52.0 Å². The molecule has 3 aromatic rings. The van der Waals surface area contributed by atoms with E-state index in [2.05, 4.69) is 10.6 Å². The van der Waals surface area contributed by atoms with Crippen LogP contribution in [0.3, 0.4) is 0 Å². The largest absolute Gasteiger partial charge is 0.489 e. The Morgan fingerprint density at radius 3 is 1.65 bits per heavy atom. The van der Waals surface area contributed by atoms with Gasteiger partial charge in [-0.25, -0.2) is 22.0 Å². The summed E-state index contributed by atoms with van der Waals surface area (Å²) in [6.07, 6.45) is 0.430. The Morgan fingerprint density at radius 2 is 1.19 bits per heavy atom. The van der Waals surface area contributed by atoms with Crippen LogP contribution in [0.1, 0.15) is 44.4 Å². The van der Waals surface area contributed by atoms with Gasteiger partial charge in [0.2, 0.25) is 23.2 Å². The predicted molar refractivity (Wildman–Crippen MR) is 192 cm³/mol. The lowest BCUT2D eigenvalue weighted by Crippen LogP contribution is -2.50. The summed E-state index contributed by atoms with van der Waals surface area (Å²) in [5, 5.41) is 5.36. The number of carbonyl (C=O) groups excluding carboxylic acids is 2. The minimum absolute atomic E-state index is 0.00907. The van der Waals surface area contributed by atoms with Crippen molar-refractivity contribution in [1.82, 2.24) is 10.6 Å². The van der Waals surface area contributed by atoms with E-state index in [1.807, 2.05) is 0 Å². The molecular formula is C34H37Cl2F5N2O9P2. The average Bonchev–Trinajstić information content (AvgIpc) is 3.12. The summed E-state index contributed by atoms with van der Waals surface area (Å²) >= 11 is 12.4. The molecule has 1 atom stereocenters. The van der Waals surface area contributed by atoms with Gasteiger partial charge in [-0.3, -0.25) is 18.7 Å². The molecule has 296 valence electrons. The van der Waals surface area contributed by atoms with E-state index in [0.717, 1.165) is 0 Å². The number of ether oxygens (including phenoxy) is 1. The molecule has 0 unspecified atom stereocenters. The number of benzene rings is 3. The second-order valence-electron chi connectivity index (χ2n) is 10.8. The highest BCUT2D eigenvalue weighted by Gasteiger charge is 2.52. The van der Waals surface area contributed by atoms with E-state index < -0.39 is 73.2 Å². The van der Waals surface area contributed by atoms with Gasteiger partial charge in [-0.15, -0.1) is 0 Å². The number of nitrogens with one attached hydrogen (secondary N) is 2. The van der Waals surface area contributed by atoms with Crippen LogP contribution in [0.25, 0.3) is 6.08 Å². The van der Waals surface area contributed by atoms with Crippen LogP contribution in [0.2, 0.25) is 10.0 Å². The SMILES string of the molecule is CCOP(=O)(OCC)C(NC(=O)[C@@H](Cc1ccc(OCc2c(Cl)cccc2Cl)cc1)NC(=O)C=Cc1c(F)c(F)c(F)c(F)c1F)P(=O)(OCC)OCC. The van der Waals surface area contributed by atoms with Crippen molar-refractivity contribution in [2.24, 2.45) is 0 Å². The van der Waals surface area contributed by atoms with Crippen molar-refractivity contribution in [2.45, 2.75) is 52.3 Å². The maximum absolute atomic E-state index is 14.3.